The number of rotatable bonds is 2. The molecule has 3 atom stereocenters. The first kappa shape index (κ1) is 12.0. The molecule has 0 spiro atoms. The van der Waals surface area contributed by atoms with Crippen molar-refractivity contribution in [1.29, 1.82) is 0 Å². The third kappa shape index (κ3) is 2.14. The minimum Gasteiger partial charge on any atom is -0.335 e. The number of aromatic nitrogens is 3. The van der Waals surface area contributed by atoms with E-state index in [1.807, 2.05) is 11.8 Å². The van der Waals surface area contributed by atoms with Crippen molar-refractivity contribution in [1.82, 2.24) is 20.5 Å². The van der Waals surface area contributed by atoms with Gasteiger partial charge < -0.3 is 10.2 Å². The lowest BCUT2D eigenvalue weighted by molar-refractivity contribution is 0.381. The smallest absolute Gasteiger partial charge is 0.245 e. The first-order valence-electron chi connectivity index (χ1n) is 7.43. The monoisotopic (exact) mass is 279 g/mol. The lowest BCUT2D eigenvalue weighted by Crippen LogP contribution is -2.45. The first-order chi connectivity index (χ1) is 9.42. The highest BCUT2D eigenvalue weighted by molar-refractivity contribution is 7.99. The second-order valence-corrected chi connectivity index (χ2v) is 7.15. The molecule has 0 aliphatic carbocycles. The van der Waals surface area contributed by atoms with Crippen molar-refractivity contribution in [3.63, 3.8) is 0 Å². The minimum absolute atomic E-state index is 0.545. The van der Waals surface area contributed by atoms with Crippen molar-refractivity contribution >= 4 is 17.7 Å². The Hall–Kier alpha value is -0.750. The van der Waals surface area contributed by atoms with Crippen LogP contribution in [0.25, 0.3) is 0 Å². The molecule has 0 amide bonds. The van der Waals surface area contributed by atoms with E-state index in [1.165, 1.54) is 31.4 Å². The summed E-state index contributed by atoms with van der Waals surface area (Å²) in [5, 5.41) is 11.7. The summed E-state index contributed by atoms with van der Waals surface area (Å²) in [6.45, 7) is 3.36. The Kier molecular flexibility index (Phi) is 3.15. The molecule has 3 saturated heterocycles. The fraction of sp³-hybridized carbons (Fsp3) is 0.846. The van der Waals surface area contributed by atoms with E-state index in [0.29, 0.717) is 11.3 Å². The number of nitrogens with zero attached hydrogens (tertiary/aromatic N) is 3. The minimum atomic E-state index is 0.545. The molecule has 19 heavy (non-hydrogen) atoms. The van der Waals surface area contributed by atoms with E-state index in [-0.39, 0.29) is 0 Å². The Morgan fingerprint density at radius 1 is 1.21 bits per heavy atom. The number of hydrogen-bond donors (Lipinski definition) is 2. The molecule has 6 heteroatoms. The van der Waals surface area contributed by atoms with Gasteiger partial charge in [0.1, 0.15) is 5.82 Å². The van der Waals surface area contributed by atoms with Gasteiger partial charge in [0.05, 0.1) is 5.25 Å². The maximum absolute atomic E-state index is 4.79. The number of H-pyrrole nitrogens is 1. The van der Waals surface area contributed by atoms with Gasteiger partial charge in [-0.3, -0.25) is 5.10 Å². The summed E-state index contributed by atoms with van der Waals surface area (Å²) >= 11 is 2.01. The Morgan fingerprint density at radius 2 is 2.21 bits per heavy atom. The van der Waals surface area contributed by atoms with E-state index in [1.54, 1.807) is 0 Å². The summed E-state index contributed by atoms with van der Waals surface area (Å²) < 4.78 is 0. The zero-order valence-electron chi connectivity index (χ0n) is 11.1. The molecule has 3 fully saturated rings. The van der Waals surface area contributed by atoms with Crippen LogP contribution in [0.5, 0.6) is 0 Å². The van der Waals surface area contributed by atoms with Crippen molar-refractivity contribution in [2.24, 2.45) is 5.92 Å². The zero-order valence-corrected chi connectivity index (χ0v) is 12.0. The summed E-state index contributed by atoms with van der Waals surface area (Å²) in [5.41, 5.74) is 0. The Balaban J connectivity index is 1.54. The van der Waals surface area contributed by atoms with Crippen molar-refractivity contribution in [2.75, 3.05) is 30.3 Å². The molecule has 1 aromatic heterocycles. The lowest BCUT2D eigenvalue weighted by Gasteiger charge is -2.36. The van der Waals surface area contributed by atoms with E-state index >= 15 is 0 Å². The summed E-state index contributed by atoms with van der Waals surface area (Å²) in [4.78, 5) is 7.21. The SMILES string of the molecule is C1CSC(c2nc(N3CCCC4CNCC43)n[nH]2)C1. The molecule has 0 radical (unpaired) electrons. The average molecular weight is 279 g/mol. The van der Waals surface area contributed by atoms with Crippen LogP contribution in [0.15, 0.2) is 0 Å². The van der Waals surface area contributed by atoms with Crippen LogP contribution in [0, 0.1) is 5.92 Å². The van der Waals surface area contributed by atoms with E-state index < -0.39 is 0 Å². The molecule has 0 saturated carbocycles. The van der Waals surface area contributed by atoms with E-state index in [0.717, 1.165) is 37.3 Å². The number of aromatic amines is 1. The molecular formula is C13H21N5S. The van der Waals surface area contributed by atoms with Gasteiger partial charge in [0.15, 0.2) is 0 Å². The Bertz CT molecular complexity index is 442. The van der Waals surface area contributed by atoms with Gasteiger partial charge in [-0.05, 0) is 37.4 Å². The zero-order chi connectivity index (χ0) is 12.7. The Labute approximate surface area is 117 Å². The van der Waals surface area contributed by atoms with Gasteiger partial charge in [-0.1, -0.05) is 0 Å². The molecule has 1 aromatic rings. The Morgan fingerprint density at radius 3 is 3.11 bits per heavy atom. The first-order valence-corrected chi connectivity index (χ1v) is 8.48. The lowest BCUT2D eigenvalue weighted by atomic mass is 9.92. The number of piperidine rings is 1. The van der Waals surface area contributed by atoms with Crippen LogP contribution in [-0.2, 0) is 0 Å². The molecular weight excluding hydrogens is 258 g/mol. The molecule has 3 aliphatic heterocycles. The van der Waals surface area contributed by atoms with Gasteiger partial charge in [0.2, 0.25) is 5.95 Å². The summed E-state index contributed by atoms with van der Waals surface area (Å²) in [5.74, 6) is 4.07. The molecule has 3 unspecified atom stereocenters. The number of thioether (sulfide) groups is 1. The second kappa shape index (κ2) is 4.98. The number of fused-ring (bicyclic) bond motifs is 1. The van der Waals surface area contributed by atoms with Crippen LogP contribution in [0.1, 0.15) is 36.8 Å². The molecule has 4 rings (SSSR count). The predicted octanol–water partition coefficient (Wildman–Crippen LogP) is 1.56. The van der Waals surface area contributed by atoms with Crippen LogP contribution < -0.4 is 10.2 Å². The second-order valence-electron chi connectivity index (χ2n) is 5.84. The van der Waals surface area contributed by atoms with Gasteiger partial charge >= 0.3 is 0 Å². The molecule has 0 aromatic carbocycles. The van der Waals surface area contributed by atoms with Crippen LogP contribution in [0.4, 0.5) is 5.95 Å². The van der Waals surface area contributed by atoms with Gasteiger partial charge in [-0.15, -0.1) is 5.10 Å². The molecule has 4 heterocycles. The van der Waals surface area contributed by atoms with E-state index in [4.69, 9.17) is 4.98 Å². The molecule has 104 valence electrons. The van der Waals surface area contributed by atoms with E-state index in [2.05, 4.69) is 20.4 Å². The number of anilines is 1. The van der Waals surface area contributed by atoms with Gasteiger partial charge in [-0.2, -0.15) is 16.7 Å². The van der Waals surface area contributed by atoms with Crippen LogP contribution in [0.2, 0.25) is 0 Å². The normalized spacial score (nSPS) is 34.7. The highest BCUT2D eigenvalue weighted by Gasteiger charge is 2.36. The van der Waals surface area contributed by atoms with Crippen molar-refractivity contribution in [2.45, 2.75) is 37.0 Å². The fourth-order valence-corrected chi connectivity index (χ4v) is 4.86. The molecule has 5 nitrogen and oxygen atoms in total. The van der Waals surface area contributed by atoms with Gasteiger partial charge in [-0.25, -0.2) is 0 Å². The molecule has 0 bridgehead atoms. The van der Waals surface area contributed by atoms with Gasteiger partial charge in [0.25, 0.3) is 0 Å². The summed E-state index contributed by atoms with van der Waals surface area (Å²) in [6, 6.07) is 0.605. The van der Waals surface area contributed by atoms with Crippen molar-refractivity contribution in [3.05, 3.63) is 5.82 Å². The topological polar surface area (TPSA) is 56.8 Å². The highest BCUT2D eigenvalue weighted by Crippen LogP contribution is 2.39. The maximum atomic E-state index is 4.79. The predicted molar refractivity (Wildman–Crippen MR) is 77.5 cm³/mol. The van der Waals surface area contributed by atoms with Crippen molar-refractivity contribution < 1.29 is 0 Å². The number of hydrogen-bond acceptors (Lipinski definition) is 5. The molecule has 2 N–H and O–H groups in total. The van der Waals surface area contributed by atoms with Crippen LogP contribution in [-0.4, -0.2) is 46.6 Å². The maximum Gasteiger partial charge on any atom is 0.245 e. The summed E-state index contributed by atoms with van der Waals surface area (Å²) in [7, 11) is 0. The van der Waals surface area contributed by atoms with Crippen LogP contribution >= 0.6 is 11.8 Å². The van der Waals surface area contributed by atoms with E-state index in [9.17, 15) is 0 Å². The average Bonchev–Trinajstić information content (AvgIpc) is 3.18. The van der Waals surface area contributed by atoms with Gasteiger partial charge in [0, 0.05) is 25.7 Å². The fourth-order valence-electron chi connectivity index (χ4n) is 3.65. The van der Waals surface area contributed by atoms with Crippen molar-refractivity contribution in [3.8, 4) is 0 Å². The third-order valence-corrected chi connectivity index (χ3v) is 6.05. The highest BCUT2D eigenvalue weighted by atomic mass is 32.2. The third-order valence-electron chi connectivity index (χ3n) is 4.66. The van der Waals surface area contributed by atoms with Crippen LogP contribution in [0.3, 0.4) is 0 Å². The molecule has 3 aliphatic rings. The standard InChI is InChI=1S/C13H21N5S/c1-3-9-7-14-8-10(9)18(5-1)13-15-12(16-17-13)11-4-2-6-19-11/h9-11,14H,1-8H2,(H,15,16,17). The number of nitrogens with one attached hydrogen (secondary N) is 2. The summed E-state index contributed by atoms with van der Waals surface area (Å²) in [6.07, 6.45) is 5.17. The largest absolute Gasteiger partial charge is 0.335 e. The quantitative estimate of drug-likeness (QED) is 0.860.